The zero-order valence-electron chi connectivity index (χ0n) is 5.87. The molecule has 0 aromatic carbocycles. The van der Waals surface area contributed by atoms with Gasteiger partial charge >= 0.3 is 0 Å². The molecule has 11 heavy (non-hydrogen) atoms. The summed E-state index contributed by atoms with van der Waals surface area (Å²) < 4.78 is 0. The molecular weight excluding hydrogens is 189 g/mol. The second-order valence-corrected chi connectivity index (χ2v) is 2.57. The molecule has 0 spiro atoms. The highest BCUT2D eigenvalue weighted by atomic mass is 35.5. The third kappa shape index (κ3) is 4.86. The van der Waals surface area contributed by atoms with Gasteiger partial charge in [0.25, 0.3) is 0 Å². The Morgan fingerprint density at radius 1 is 1.73 bits per heavy atom. The predicted octanol–water partition coefficient (Wildman–Crippen LogP) is 2.52. The maximum Gasteiger partial charge on any atom is 0.102 e. The highest BCUT2D eigenvalue weighted by Crippen LogP contribution is 2.14. The van der Waals surface area contributed by atoms with Crippen molar-refractivity contribution in [3.8, 4) is 0 Å². The molecule has 4 nitrogen and oxygen atoms in total. The van der Waals surface area contributed by atoms with Crippen LogP contribution in [0.25, 0.3) is 0 Å². The maximum atomic E-state index is 9.72. The van der Waals surface area contributed by atoms with E-state index in [0.717, 1.165) is 0 Å². The summed E-state index contributed by atoms with van der Waals surface area (Å²) in [7, 11) is 1.50. The normalized spacial score (nSPS) is 15.4. The summed E-state index contributed by atoms with van der Waals surface area (Å²) in [5, 5.41) is 9.14. The van der Waals surface area contributed by atoms with Gasteiger partial charge in [-0.25, -0.2) is 0 Å². The zero-order valence-corrected chi connectivity index (χ0v) is 7.38. The van der Waals surface area contributed by atoms with Gasteiger partial charge in [-0.2, -0.15) is 15.1 Å². The van der Waals surface area contributed by atoms with E-state index in [1.165, 1.54) is 13.2 Å². The molecule has 0 aliphatic carbocycles. The van der Waals surface area contributed by atoms with Gasteiger partial charge in [-0.1, -0.05) is 16.8 Å². The third-order valence-corrected chi connectivity index (χ3v) is 1.68. The summed E-state index contributed by atoms with van der Waals surface area (Å²) in [4.78, 5) is 9.72. The SMILES string of the molecule is CN=N/C=C(/Cl)C(Cl)CN=O. The van der Waals surface area contributed by atoms with E-state index in [2.05, 4.69) is 15.4 Å². The lowest BCUT2D eigenvalue weighted by Gasteiger charge is -1.98. The van der Waals surface area contributed by atoms with E-state index in [0.29, 0.717) is 0 Å². The molecule has 0 aromatic rings. The van der Waals surface area contributed by atoms with Crippen LogP contribution >= 0.6 is 23.2 Å². The van der Waals surface area contributed by atoms with Crippen molar-refractivity contribution in [1.29, 1.82) is 0 Å². The number of hydrogen-bond acceptors (Lipinski definition) is 4. The first-order valence-electron chi connectivity index (χ1n) is 2.80. The van der Waals surface area contributed by atoms with Gasteiger partial charge in [0.2, 0.25) is 0 Å². The van der Waals surface area contributed by atoms with Gasteiger partial charge in [0.1, 0.15) is 6.54 Å². The number of hydrogen-bond donors (Lipinski definition) is 0. The number of nitroso groups, excluding NO2 is 1. The van der Waals surface area contributed by atoms with Gasteiger partial charge in [0.05, 0.1) is 16.6 Å². The van der Waals surface area contributed by atoms with Gasteiger partial charge < -0.3 is 0 Å². The summed E-state index contributed by atoms with van der Waals surface area (Å²) in [5.41, 5.74) is 0. The summed E-state index contributed by atoms with van der Waals surface area (Å²) in [5.74, 6) is 0. The lowest BCUT2D eigenvalue weighted by Crippen LogP contribution is -2.01. The predicted molar refractivity (Wildman–Crippen MR) is 45.0 cm³/mol. The molecule has 0 heterocycles. The molecule has 6 heteroatoms. The highest BCUT2D eigenvalue weighted by molar-refractivity contribution is 6.37. The number of rotatable bonds is 4. The minimum atomic E-state index is -0.598. The van der Waals surface area contributed by atoms with E-state index in [4.69, 9.17) is 23.2 Å². The van der Waals surface area contributed by atoms with Crippen molar-refractivity contribution < 1.29 is 0 Å². The van der Waals surface area contributed by atoms with Crippen molar-refractivity contribution in [3.63, 3.8) is 0 Å². The highest BCUT2D eigenvalue weighted by Gasteiger charge is 2.07. The molecule has 1 unspecified atom stereocenters. The lowest BCUT2D eigenvalue weighted by molar-refractivity contribution is 0.982. The van der Waals surface area contributed by atoms with Crippen molar-refractivity contribution >= 4 is 23.2 Å². The average molecular weight is 196 g/mol. The fourth-order valence-electron chi connectivity index (χ4n) is 0.346. The number of alkyl halides is 1. The smallest absolute Gasteiger partial charge is 0.102 e. The Morgan fingerprint density at radius 3 is 2.82 bits per heavy atom. The van der Waals surface area contributed by atoms with Crippen LogP contribution in [0.5, 0.6) is 0 Å². The molecule has 0 saturated heterocycles. The molecule has 0 rings (SSSR count). The van der Waals surface area contributed by atoms with E-state index in [9.17, 15) is 4.91 Å². The van der Waals surface area contributed by atoms with E-state index in [-0.39, 0.29) is 11.6 Å². The van der Waals surface area contributed by atoms with Crippen molar-refractivity contribution in [2.45, 2.75) is 5.38 Å². The second-order valence-electron chi connectivity index (χ2n) is 1.61. The summed E-state index contributed by atoms with van der Waals surface area (Å²) >= 11 is 11.1. The zero-order chi connectivity index (χ0) is 8.69. The van der Waals surface area contributed by atoms with Crippen LogP contribution in [0, 0.1) is 4.91 Å². The fraction of sp³-hybridized carbons (Fsp3) is 0.600. The number of azo groups is 1. The van der Waals surface area contributed by atoms with Gasteiger partial charge in [0.15, 0.2) is 0 Å². The average Bonchev–Trinajstić information content (AvgIpc) is 2.00. The van der Waals surface area contributed by atoms with E-state index >= 15 is 0 Å². The van der Waals surface area contributed by atoms with E-state index in [1.54, 1.807) is 0 Å². The summed E-state index contributed by atoms with van der Waals surface area (Å²) in [6.45, 7) is -0.0594. The summed E-state index contributed by atoms with van der Waals surface area (Å²) in [6, 6.07) is 0. The van der Waals surface area contributed by atoms with E-state index < -0.39 is 5.38 Å². The Morgan fingerprint density at radius 2 is 2.36 bits per heavy atom. The largest absolute Gasteiger partial charge is 0.193 e. The molecule has 1 atom stereocenters. The van der Waals surface area contributed by atoms with Crippen LogP contribution in [0.3, 0.4) is 0 Å². The first kappa shape index (κ1) is 10.5. The number of halogens is 2. The molecule has 0 aliphatic heterocycles. The van der Waals surface area contributed by atoms with Crippen LogP contribution < -0.4 is 0 Å². The topological polar surface area (TPSA) is 54.1 Å². The van der Waals surface area contributed by atoms with E-state index in [1.807, 2.05) is 0 Å². The Labute approximate surface area is 74.3 Å². The van der Waals surface area contributed by atoms with Gasteiger partial charge in [-0.3, -0.25) is 0 Å². The minimum Gasteiger partial charge on any atom is -0.193 e. The molecule has 0 aliphatic rings. The van der Waals surface area contributed by atoms with Crippen LogP contribution in [0.4, 0.5) is 0 Å². The van der Waals surface area contributed by atoms with Crippen LogP contribution in [0.1, 0.15) is 0 Å². The standard InChI is InChI=1S/C5H7Cl2N3O/c1-8-9-2-4(6)5(7)3-10-11/h2,5H,3H2,1H3/b4-2+,9-8?. The van der Waals surface area contributed by atoms with Crippen molar-refractivity contribution in [1.82, 2.24) is 0 Å². The van der Waals surface area contributed by atoms with Crippen LogP contribution in [-0.2, 0) is 0 Å². The molecule has 0 aromatic heterocycles. The van der Waals surface area contributed by atoms with Gasteiger partial charge in [-0.15, -0.1) is 11.6 Å². The molecule has 0 amide bonds. The number of nitrogens with zero attached hydrogens (tertiary/aromatic N) is 3. The quantitative estimate of drug-likeness (QED) is 0.387. The molecular formula is C5H7Cl2N3O. The van der Waals surface area contributed by atoms with Crippen LogP contribution in [-0.4, -0.2) is 19.0 Å². The Hall–Kier alpha value is -0.480. The first-order chi connectivity index (χ1) is 5.22. The van der Waals surface area contributed by atoms with Crippen molar-refractivity contribution in [2.24, 2.45) is 15.4 Å². The Bertz CT molecular complexity index is 181. The third-order valence-electron chi connectivity index (χ3n) is 0.831. The maximum absolute atomic E-state index is 9.72. The van der Waals surface area contributed by atoms with Crippen molar-refractivity contribution in [2.75, 3.05) is 13.6 Å². The molecule has 0 radical (unpaired) electrons. The van der Waals surface area contributed by atoms with Gasteiger partial charge in [0, 0.05) is 7.05 Å². The first-order valence-corrected chi connectivity index (χ1v) is 3.61. The Kier molecular flexibility index (Phi) is 5.97. The van der Waals surface area contributed by atoms with Gasteiger partial charge in [-0.05, 0) is 0 Å². The minimum absolute atomic E-state index is 0.0594. The van der Waals surface area contributed by atoms with Crippen LogP contribution in [0.15, 0.2) is 26.6 Å². The Balaban J connectivity index is 3.98. The molecule has 0 bridgehead atoms. The fourth-order valence-corrected chi connectivity index (χ4v) is 0.572. The molecule has 62 valence electrons. The summed E-state index contributed by atoms with van der Waals surface area (Å²) in [6.07, 6.45) is 1.28. The van der Waals surface area contributed by atoms with Crippen molar-refractivity contribution in [3.05, 3.63) is 16.1 Å². The molecule has 0 N–H and O–H groups in total. The lowest BCUT2D eigenvalue weighted by atomic mass is 10.4. The monoisotopic (exact) mass is 195 g/mol. The van der Waals surface area contributed by atoms with Crippen LogP contribution in [0.2, 0.25) is 0 Å². The molecule has 0 fully saturated rings. The second kappa shape index (κ2) is 6.24. The molecule has 0 saturated carbocycles.